The average Bonchev–Trinajstić information content (AvgIpc) is 3.29. The highest BCUT2D eigenvalue weighted by molar-refractivity contribution is 5.95. The average molecular weight is 321 g/mol. The predicted molar refractivity (Wildman–Crippen MR) is 91.6 cm³/mol. The van der Waals surface area contributed by atoms with Crippen LogP contribution in [0.5, 0.6) is 0 Å². The van der Waals surface area contributed by atoms with Crippen LogP contribution in [0.3, 0.4) is 0 Å². The van der Waals surface area contributed by atoms with Crippen LogP contribution < -0.4 is 5.32 Å². The molecule has 1 aromatic rings. The fourth-order valence-electron chi connectivity index (χ4n) is 2.80. The van der Waals surface area contributed by atoms with Gasteiger partial charge in [0.2, 0.25) is 0 Å². The van der Waals surface area contributed by atoms with Gasteiger partial charge in [0, 0.05) is 18.5 Å². The molecule has 1 aliphatic rings. The van der Waals surface area contributed by atoms with Crippen molar-refractivity contribution in [1.82, 2.24) is 15.1 Å². The Bertz CT molecular complexity index is 546. The summed E-state index contributed by atoms with van der Waals surface area (Å²) in [6, 6.07) is 0.301. The van der Waals surface area contributed by atoms with Crippen LogP contribution in [0.25, 0.3) is 0 Å². The molecule has 3 unspecified atom stereocenters. The Hall–Kier alpha value is -1.36. The second-order valence-corrected chi connectivity index (χ2v) is 7.27. The van der Waals surface area contributed by atoms with E-state index >= 15 is 0 Å². The minimum atomic E-state index is -0.892. The molecule has 0 spiro atoms. The first-order valence-electron chi connectivity index (χ1n) is 8.89. The first-order chi connectivity index (χ1) is 10.8. The van der Waals surface area contributed by atoms with Crippen LogP contribution >= 0.6 is 0 Å². The third-order valence-corrected chi connectivity index (χ3v) is 5.33. The van der Waals surface area contributed by atoms with Crippen LogP contribution in [0, 0.1) is 5.92 Å². The molecule has 3 atom stereocenters. The highest BCUT2D eigenvalue weighted by Crippen LogP contribution is 2.42. The summed E-state index contributed by atoms with van der Waals surface area (Å²) in [6.07, 6.45) is 5.82. The van der Waals surface area contributed by atoms with E-state index in [1.165, 1.54) is 0 Å². The van der Waals surface area contributed by atoms with Gasteiger partial charge in [-0.25, -0.2) is 0 Å². The molecule has 0 aliphatic heterocycles. The summed E-state index contributed by atoms with van der Waals surface area (Å²) < 4.78 is 2.01. The van der Waals surface area contributed by atoms with Gasteiger partial charge >= 0.3 is 0 Å². The smallest absolute Gasteiger partial charge is 0.254 e. The van der Waals surface area contributed by atoms with Crippen LogP contribution in [-0.4, -0.2) is 32.9 Å². The molecule has 130 valence electrons. The molecule has 5 heteroatoms. The lowest BCUT2D eigenvalue weighted by atomic mass is 9.88. The van der Waals surface area contributed by atoms with Crippen LogP contribution in [0.2, 0.25) is 0 Å². The third kappa shape index (κ3) is 3.94. The first kappa shape index (κ1) is 18.0. The first-order valence-corrected chi connectivity index (χ1v) is 8.89. The van der Waals surface area contributed by atoms with Crippen LogP contribution in [-0.2, 0) is 0 Å². The quantitative estimate of drug-likeness (QED) is 0.772. The lowest BCUT2D eigenvalue weighted by Gasteiger charge is -2.29. The Morgan fingerprint density at radius 1 is 1.43 bits per heavy atom. The molecule has 0 radical (unpaired) electrons. The molecular weight excluding hydrogens is 290 g/mol. The predicted octanol–water partition coefficient (Wildman–Crippen LogP) is 3.26. The van der Waals surface area contributed by atoms with Gasteiger partial charge in [-0.1, -0.05) is 27.2 Å². The summed E-state index contributed by atoms with van der Waals surface area (Å²) >= 11 is 0. The monoisotopic (exact) mass is 321 g/mol. The number of aromatic nitrogens is 2. The second-order valence-electron chi connectivity index (χ2n) is 7.27. The van der Waals surface area contributed by atoms with Crippen molar-refractivity contribution in [2.75, 3.05) is 6.54 Å². The number of nitrogens with one attached hydrogen (secondary N) is 1. The lowest BCUT2D eigenvalue weighted by molar-refractivity contribution is 0.00591. The van der Waals surface area contributed by atoms with Crippen molar-refractivity contribution in [2.24, 2.45) is 5.92 Å². The van der Waals surface area contributed by atoms with E-state index in [0.29, 0.717) is 17.5 Å². The largest absolute Gasteiger partial charge is 0.388 e. The number of rotatable bonds is 8. The number of carbonyl (C=O) groups is 1. The maximum absolute atomic E-state index is 12.6. The Balaban J connectivity index is 2.12. The van der Waals surface area contributed by atoms with Crippen molar-refractivity contribution >= 4 is 5.91 Å². The minimum Gasteiger partial charge on any atom is -0.388 e. The number of aliphatic hydroxyl groups is 1. The van der Waals surface area contributed by atoms with Gasteiger partial charge in [-0.05, 0) is 39.0 Å². The molecule has 1 aliphatic carbocycles. The van der Waals surface area contributed by atoms with E-state index < -0.39 is 5.60 Å². The number of hydrogen-bond donors (Lipinski definition) is 2. The summed E-state index contributed by atoms with van der Waals surface area (Å²) in [6.45, 7) is 10.4. The molecular formula is C18H31N3O2. The zero-order valence-electron chi connectivity index (χ0n) is 15.1. The molecule has 2 rings (SSSR count). The van der Waals surface area contributed by atoms with E-state index in [1.54, 1.807) is 13.1 Å². The topological polar surface area (TPSA) is 67.2 Å². The van der Waals surface area contributed by atoms with Gasteiger partial charge in [0.1, 0.15) is 0 Å². The van der Waals surface area contributed by atoms with Crippen LogP contribution in [0.15, 0.2) is 6.20 Å². The van der Waals surface area contributed by atoms with Gasteiger partial charge in [0.05, 0.1) is 23.1 Å². The number of carbonyl (C=O) groups excluding carboxylic acids is 1. The maximum Gasteiger partial charge on any atom is 0.254 e. The Morgan fingerprint density at radius 2 is 2.09 bits per heavy atom. The number of nitrogens with zero attached hydrogens (tertiary/aromatic N) is 2. The number of amides is 1. The van der Waals surface area contributed by atoms with Crippen molar-refractivity contribution in [1.29, 1.82) is 0 Å². The van der Waals surface area contributed by atoms with Gasteiger partial charge in [0.25, 0.3) is 5.91 Å². The molecule has 0 saturated heterocycles. The third-order valence-electron chi connectivity index (χ3n) is 5.33. The van der Waals surface area contributed by atoms with Crippen LogP contribution in [0.4, 0.5) is 0 Å². The zero-order valence-corrected chi connectivity index (χ0v) is 15.1. The molecule has 1 fully saturated rings. The van der Waals surface area contributed by atoms with Gasteiger partial charge in [0.15, 0.2) is 0 Å². The second kappa shape index (κ2) is 7.04. The van der Waals surface area contributed by atoms with E-state index in [2.05, 4.69) is 24.3 Å². The molecule has 1 heterocycles. The summed E-state index contributed by atoms with van der Waals surface area (Å²) in [5.41, 5.74) is 0.851. The Kier molecular flexibility index (Phi) is 5.50. The molecule has 0 aromatic carbocycles. The van der Waals surface area contributed by atoms with Crippen molar-refractivity contribution in [3.63, 3.8) is 0 Å². The van der Waals surface area contributed by atoms with Crippen molar-refractivity contribution < 1.29 is 9.90 Å². The summed E-state index contributed by atoms with van der Waals surface area (Å²) in [5.74, 6) is 0.473. The van der Waals surface area contributed by atoms with Crippen LogP contribution in [0.1, 0.15) is 88.3 Å². The molecule has 23 heavy (non-hydrogen) atoms. The lowest BCUT2D eigenvalue weighted by Crippen LogP contribution is -2.45. The van der Waals surface area contributed by atoms with E-state index in [1.807, 2.05) is 18.5 Å². The SMILES string of the molecule is CCC(C)n1ncc(C(=O)NCC(C)(O)C(C)CC)c1C1CC1. The van der Waals surface area contributed by atoms with E-state index in [4.69, 9.17) is 0 Å². The fraction of sp³-hybridized carbons (Fsp3) is 0.778. The fourth-order valence-corrected chi connectivity index (χ4v) is 2.80. The molecule has 1 aromatic heterocycles. The summed E-state index contributed by atoms with van der Waals surface area (Å²) in [5, 5.41) is 17.8. The van der Waals surface area contributed by atoms with E-state index in [-0.39, 0.29) is 18.4 Å². The van der Waals surface area contributed by atoms with Crippen molar-refractivity contribution in [3.05, 3.63) is 17.5 Å². The Morgan fingerprint density at radius 3 is 2.61 bits per heavy atom. The molecule has 1 saturated carbocycles. The van der Waals surface area contributed by atoms with Gasteiger partial charge in [-0.3, -0.25) is 9.48 Å². The highest BCUT2D eigenvalue weighted by atomic mass is 16.3. The van der Waals surface area contributed by atoms with Gasteiger partial charge < -0.3 is 10.4 Å². The van der Waals surface area contributed by atoms with Gasteiger partial charge in [-0.15, -0.1) is 0 Å². The normalized spacial score (nSPS) is 19.9. The summed E-state index contributed by atoms with van der Waals surface area (Å²) in [4.78, 5) is 12.6. The van der Waals surface area contributed by atoms with Crippen molar-refractivity contribution in [2.45, 2.75) is 77.9 Å². The number of hydrogen-bond acceptors (Lipinski definition) is 3. The Labute approximate surface area is 139 Å². The standard InChI is InChI=1S/C18H31N3O2/c1-6-12(3)18(5,23)11-19-17(22)15-10-20-21(13(4)7-2)16(15)14-8-9-14/h10,12-14,23H,6-9,11H2,1-5H3,(H,19,22). The summed E-state index contributed by atoms with van der Waals surface area (Å²) in [7, 11) is 0. The van der Waals surface area contributed by atoms with E-state index in [0.717, 1.165) is 31.4 Å². The molecule has 5 nitrogen and oxygen atoms in total. The molecule has 0 bridgehead atoms. The maximum atomic E-state index is 12.6. The van der Waals surface area contributed by atoms with E-state index in [9.17, 15) is 9.90 Å². The zero-order chi connectivity index (χ0) is 17.2. The van der Waals surface area contributed by atoms with Crippen molar-refractivity contribution in [3.8, 4) is 0 Å². The minimum absolute atomic E-state index is 0.120. The molecule has 2 N–H and O–H groups in total. The van der Waals surface area contributed by atoms with Gasteiger partial charge in [-0.2, -0.15) is 5.10 Å². The highest BCUT2D eigenvalue weighted by Gasteiger charge is 2.34. The molecule has 1 amide bonds.